The second-order valence-electron chi connectivity index (χ2n) is 20.2. The summed E-state index contributed by atoms with van der Waals surface area (Å²) in [6, 6.07) is 37.1. The molecule has 0 amide bonds. The number of nitrogens with zero attached hydrogens (tertiary/aromatic N) is 2. The van der Waals surface area contributed by atoms with Gasteiger partial charge in [-0.05, 0) is 196 Å². The molecule has 0 bridgehead atoms. The molecule has 2 aliphatic carbocycles. The lowest BCUT2D eigenvalue weighted by Gasteiger charge is -2.25. The SMILES string of the molecule is CCN(CC)c1ccc2c(-c3cc(-c4cc(C)c(-c5c(C)cc(-c6cc(C7=C(c8cc(-c9ccccc9)sc8C)C(F)(F)C(F)(F)C7(F)F)c(C)s6)cc5C)c(C)c4)ccc3C(=O)O)c3ccc(=[N+](CC)CC)cc-3oc2c1. The number of allylic oxidation sites excluding steroid dienone is 2. The molecule has 0 atom stereocenters. The van der Waals surface area contributed by atoms with Gasteiger partial charge in [-0.3, -0.25) is 0 Å². The predicted molar refractivity (Wildman–Crippen MR) is 309 cm³/mol. The highest BCUT2D eigenvalue weighted by atomic mass is 32.1. The van der Waals surface area contributed by atoms with Crippen molar-refractivity contribution in [3.05, 3.63) is 175 Å². The fourth-order valence-corrected chi connectivity index (χ4v) is 13.7. The van der Waals surface area contributed by atoms with Gasteiger partial charge >= 0.3 is 23.7 Å². The first kappa shape index (κ1) is 54.1. The van der Waals surface area contributed by atoms with Crippen LogP contribution >= 0.6 is 22.7 Å². The number of fused-ring (bicyclic) bond motifs is 2. The van der Waals surface area contributed by atoms with E-state index in [2.05, 4.69) is 61.4 Å². The van der Waals surface area contributed by atoms with E-state index in [-0.39, 0.29) is 26.4 Å². The van der Waals surface area contributed by atoms with Crippen LogP contribution in [0.25, 0.3) is 87.7 Å². The number of halogens is 6. The summed E-state index contributed by atoms with van der Waals surface area (Å²) in [6.45, 7) is 22.6. The van der Waals surface area contributed by atoms with Crippen LogP contribution in [0.1, 0.15) is 81.2 Å². The van der Waals surface area contributed by atoms with Gasteiger partial charge in [0.25, 0.3) is 0 Å². The van der Waals surface area contributed by atoms with Gasteiger partial charge in [0.2, 0.25) is 5.36 Å². The Morgan fingerprint density at radius 1 is 0.551 bits per heavy atom. The summed E-state index contributed by atoms with van der Waals surface area (Å²) in [5, 5.41) is 12.6. The van der Waals surface area contributed by atoms with Gasteiger partial charge in [-0.2, -0.15) is 26.3 Å². The number of benzene rings is 6. The van der Waals surface area contributed by atoms with E-state index in [0.717, 1.165) is 121 Å². The molecule has 1 N–H and O–H groups in total. The van der Waals surface area contributed by atoms with Crippen molar-refractivity contribution in [3.63, 3.8) is 0 Å². The predicted octanol–water partition coefficient (Wildman–Crippen LogP) is 18.0. The lowest BCUT2D eigenvalue weighted by Crippen LogP contribution is -2.48. The van der Waals surface area contributed by atoms with Crippen molar-refractivity contribution in [2.75, 3.05) is 31.1 Å². The van der Waals surface area contributed by atoms with Crippen LogP contribution in [0.5, 0.6) is 0 Å². The second kappa shape index (κ2) is 20.2. The molecule has 1 aliphatic heterocycles. The Morgan fingerprint density at radius 3 is 1.62 bits per heavy atom. The van der Waals surface area contributed by atoms with Gasteiger partial charge in [-0.1, -0.05) is 48.5 Å². The summed E-state index contributed by atoms with van der Waals surface area (Å²) < 4.78 is 105. The normalized spacial score (nSPS) is 14.7. The number of hydrogen-bond acceptors (Lipinski definition) is 5. The Hall–Kier alpha value is -7.22. The maximum Gasteiger partial charge on any atom is 0.380 e. The Labute approximate surface area is 458 Å². The van der Waals surface area contributed by atoms with Crippen LogP contribution in [-0.2, 0) is 0 Å². The van der Waals surface area contributed by atoms with Crippen LogP contribution in [0.2, 0.25) is 0 Å². The average molecular weight is 1090 g/mol. The number of alkyl halides is 6. The molecular weight excluding hydrogens is 1030 g/mol. The quantitative estimate of drug-likeness (QED) is 0.0710. The van der Waals surface area contributed by atoms with Crippen molar-refractivity contribution < 1.29 is 40.7 Å². The highest BCUT2D eigenvalue weighted by Crippen LogP contribution is 2.66. The molecule has 0 unspecified atom stereocenters. The lowest BCUT2D eigenvalue weighted by molar-refractivity contribution is -0.254. The van der Waals surface area contributed by atoms with E-state index >= 15 is 26.3 Å². The van der Waals surface area contributed by atoms with Crippen LogP contribution in [0.3, 0.4) is 0 Å². The van der Waals surface area contributed by atoms with Crippen molar-refractivity contribution >= 4 is 56.4 Å². The molecule has 400 valence electrons. The van der Waals surface area contributed by atoms with Gasteiger partial charge in [0.1, 0.15) is 24.4 Å². The third-order valence-electron chi connectivity index (χ3n) is 15.5. The summed E-state index contributed by atoms with van der Waals surface area (Å²) in [4.78, 5) is 16.8. The van der Waals surface area contributed by atoms with E-state index in [4.69, 9.17) is 4.42 Å². The smallest absolute Gasteiger partial charge is 0.380 e. The van der Waals surface area contributed by atoms with E-state index in [1.165, 1.54) is 26.0 Å². The number of carbonyl (C=O) groups is 1. The highest BCUT2D eigenvalue weighted by Gasteiger charge is 2.80. The second-order valence-corrected chi connectivity index (χ2v) is 22.7. The van der Waals surface area contributed by atoms with Crippen LogP contribution in [0.15, 0.2) is 126 Å². The molecule has 0 spiro atoms. The Morgan fingerprint density at radius 2 is 1.09 bits per heavy atom. The molecule has 7 aromatic rings. The van der Waals surface area contributed by atoms with E-state index in [0.29, 0.717) is 37.8 Å². The largest absolute Gasteiger partial charge is 0.478 e. The summed E-state index contributed by atoms with van der Waals surface area (Å²) in [5.74, 6) is -16.5. The van der Waals surface area contributed by atoms with Gasteiger partial charge in [-0.25, -0.2) is 9.37 Å². The van der Waals surface area contributed by atoms with E-state index < -0.39 is 34.9 Å². The number of carboxylic acids is 1. The standard InChI is InChI=1S/C65H58F6N2O3S2/c1-11-72(12-2)45-21-24-48-53(31-45)76-54-32-46(73(13-3)14-4)22-25-49(54)59(48)52-30-42(20-23-47(52)62(74)75)43-26-35(5)57(36(6)27-43)58-37(7)28-44(29-38(58)8)56-34-51(40(10)78-56)61-60(63(66,67)65(70,71)64(61,68)69)50-33-55(77-39(50)9)41-18-16-15-17-19-41/h15-34H,11-14H2,1-10H3/p+1. The fraction of sp³-hybridized carbons (Fsp3) is 0.262. The first-order valence-corrected chi connectivity index (χ1v) is 27.8. The van der Waals surface area contributed by atoms with Crippen LogP contribution in [-0.4, -0.2) is 55.0 Å². The van der Waals surface area contributed by atoms with E-state index in [1.807, 2.05) is 76.2 Å². The van der Waals surface area contributed by atoms with Crippen molar-refractivity contribution in [3.8, 4) is 65.6 Å². The van der Waals surface area contributed by atoms with Gasteiger partial charge in [0, 0.05) is 78.1 Å². The number of anilines is 1. The first-order valence-electron chi connectivity index (χ1n) is 26.2. The van der Waals surface area contributed by atoms with E-state index in [1.54, 1.807) is 36.4 Å². The van der Waals surface area contributed by atoms with Crippen molar-refractivity contribution in [1.29, 1.82) is 0 Å². The minimum absolute atomic E-state index is 0.151. The van der Waals surface area contributed by atoms with E-state index in [9.17, 15) is 9.90 Å². The molecule has 0 fully saturated rings. The molecule has 3 aliphatic rings. The average Bonchev–Trinajstić information content (AvgIpc) is 4.16. The summed E-state index contributed by atoms with van der Waals surface area (Å²) in [5.41, 5.74) is 9.06. The molecule has 13 heteroatoms. The molecule has 3 heterocycles. The third kappa shape index (κ3) is 8.77. The molecule has 5 nitrogen and oxygen atoms in total. The van der Waals surface area contributed by atoms with Crippen molar-refractivity contribution in [2.45, 2.75) is 87.0 Å². The van der Waals surface area contributed by atoms with Crippen molar-refractivity contribution in [2.24, 2.45) is 0 Å². The zero-order chi connectivity index (χ0) is 55.9. The number of thiophene rings is 2. The Bertz CT molecular complexity index is 3900. The molecule has 2 aromatic heterocycles. The molecule has 0 radical (unpaired) electrons. The zero-order valence-electron chi connectivity index (χ0n) is 45.1. The molecule has 10 rings (SSSR count). The van der Waals surface area contributed by atoms with Gasteiger partial charge in [-0.15, -0.1) is 22.7 Å². The molecular formula is C65H59F6N2O3S2+. The Balaban J connectivity index is 1.06. The van der Waals surface area contributed by atoms with Crippen LogP contribution < -0.4 is 14.8 Å². The third-order valence-corrected chi connectivity index (χ3v) is 17.7. The fourth-order valence-electron chi connectivity index (χ4n) is 11.7. The topological polar surface area (TPSA) is 56.7 Å². The van der Waals surface area contributed by atoms with Crippen LogP contribution in [0, 0.1) is 41.5 Å². The number of carboxylic acid groups (broad SMARTS) is 1. The van der Waals surface area contributed by atoms with Crippen molar-refractivity contribution in [1.82, 2.24) is 4.58 Å². The number of aryl methyl sites for hydroxylation is 6. The van der Waals surface area contributed by atoms with Gasteiger partial charge in [0.15, 0.2) is 0 Å². The maximum absolute atomic E-state index is 16.2. The summed E-state index contributed by atoms with van der Waals surface area (Å²) in [7, 11) is 0. The lowest BCUT2D eigenvalue weighted by atomic mass is 9.85. The van der Waals surface area contributed by atoms with Crippen LogP contribution in [0.4, 0.5) is 32.0 Å². The zero-order valence-corrected chi connectivity index (χ0v) is 46.8. The molecule has 5 aromatic carbocycles. The molecule has 0 saturated heterocycles. The number of aromatic carboxylic acids is 1. The highest BCUT2D eigenvalue weighted by molar-refractivity contribution is 7.16. The minimum Gasteiger partial charge on any atom is -0.478 e. The number of rotatable bonds is 13. The Kier molecular flexibility index (Phi) is 14.0. The van der Waals surface area contributed by atoms with Gasteiger partial charge in [0.05, 0.1) is 11.6 Å². The monoisotopic (exact) mass is 1090 g/mol. The molecule has 0 saturated carbocycles. The maximum atomic E-state index is 16.2. The summed E-state index contributed by atoms with van der Waals surface area (Å²) >= 11 is 2.18. The minimum atomic E-state index is -5.68. The van der Waals surface area contributed by atoms with Gasteiger partial charge < -0.3 is 14.4 Å². The molecule has 78 heavy (non-hydrogen) atoms. The summed E-state index contributed by atoms with van der Waals surface area (Å²) in [6.07, 6.45) is 0. The number of hydrogen-bond donors (Lipinski definition) is 1. The first-order chi connectivity index (χ1) is 37.1.